The Balaban J connectivity index is 1.55. The average molecular weight is 473 g/mol. The fourth-order valence-corrected chi connectivity index (χ4v) is 3.85. The van der Waals surface area contributed by atoms with E-state index in [1.165, 1.54) is 38.6 Å². The Morgan fingerprint density at radius 2 is 1.73 bits per heavy atom. The second-order valence-electron chi connectivity index (χ2n) is 6.71. The van der Waals surface area contributed by atoms with Gasteiger partial charge in [0.1, 0.15) is 6.61 Å². The third-order valence-electron chi connectivity index (χ3n) is 4.48. The summed E-state index contributed by atoms with van der Waals surface area (Å²) in [6.07, 6.45) is 4.74. The molecule has 10 nitrogen and oxygen atoms in total. The number of hydrogen-bond acceptors (Lipinski definition) is 8. The minimum absolute atomic E-state index is 0.00270. The molecule has 2 aromatic heterocycles. The molecule has 0 fully saturated rings. The number of carbonyl (C=O) groups excluding carboxylic acids is 1. The Hall–Kier alpha value is -3.70. The number of nitrogens with zero attached hydrogens (tertiary/aromatic N) is 2. The van der Waals surface area contributed by atoms with Crippen LogP contribution in [0.5, 0.6) is 17.2 Å². The Morgan fingerprint density at radius 3 is 2.45 bits per heavy atom. The lowest BCUT2D eigenvalue weighted by Crippen LogP contribution is -2.28. The van der Waals surface area contributed by atoms with Gasteiger partial charge in [-0.15, -0.1) is 0 Å². The van der Waals surface area contributed by atoms with Crippen molar-refractivity contribution in [2.75, 3.05) is 26.1 Å². The van der Waals surface area contributed by atoms with Crippen LogP contribution in [0.4, 0.5) is 5.82 Å². The van der Waals surface area contributed by atoms with Crippen LogP contribution in [0, 0.1) is 0 Å². The molecule has 0 saturated carbocycles. The van der Waals surface area contributed by atoms with Gasteiger partial charge in [0.15, 0.2) is 23.1 Å². The van der Waals surface area contributed by atoms with Gasteiger partial charge >= 0.3 is 0 Å². The number of aromatic nitrogens is 2. The van der Waals surface area contributed by atoms with Gasteiger partial charge in [0.05, 0.1) is 19.1 Å². The topological polar surface area (TPSA) is 129 Å². The number of sulfonamides is 1. The van der Waals surface area contributed by atoms with Crippen molar-refractivity contribution in [1.82, 2.24) is 14.7 Å². The van der Waals surface area contributed by atoms with Crippen molar-refractivity contribution in [1.29, 1.82) is 0 Å². The second kappa shape index (κ2) is 11.2. The molecule has 0 spiro atoms. The first-order valence-corrected chi connectivity index (χ1v) is 11.4. The summed E-state index contributed by atoms with van der Waals surface area (Å²) in [7, 11) is -0.971. The summed E-state index contributed by atoms with van der Waals surface area (Å²) < 4.78 is 43.5. The summed E-state index contributed by atoms with van der Waals surface area (Å²) in [4.78, 5) is 20.4. The van der Waals surface area contributed by atoms with Gasteiger partial charge in [-0.1, -0.05) is 0 Å². The number of nitrogens with one attached hydrogen (secondary N) is 2. The summed E-state index contributed by atoms with van der Waals surface area (Å²) in [5, 5.41) is 2.65. The van der Waals surface area contributed by atoms with E-state index in [-0.39, 0.29) is 36.0 Å². The Labute approximate surface area is 192 Å². The van der Waals surface area contributed by atoms with Gasteiger partial charge in [-0.2, -0.15) is 0 Å². The number of anilines is 1. The van der Waals surface area contributed by atoms with Crippen molar-refractivity contribution >= 4 is 21.7 Å². The van der Waals surface area contributed by atoms with Crippen molar-refractivity contribution < 1.29 is 27.4 Å². The lowest BCUT2D eigenvalue weighted by atomic mass is 10.3. The largest absolute Gasteiger partial charge is 0.493 e. The van der Waals surface area contributed by atoms with Crippen molar-refractivity contribution in [2.24, 2.45) is 0 Å². The van der Waals surface area contributed by atoms with E-state index in [9.17, 15) is 13.2 Å². The fourth-order valence-electron chi connectivity index (χ4n) is 2.80. The molecule has 2 N–H and O–H groups in total. The number of pyridine rings is 2. The zero-order valence-electron chi connectivity index (χ0n) is 18.1. The summed E-state index contributed by atoms with van der Waals surface area (Å²) >= 11 is 0. The third-order valence-corrected chi connectivity index (χ3v) is 5.94. The van der Waals surface area contributed by atoms with E-state index >= 15 is 0 Å². The van der Waals surface area contributed by atoms with Gasteiger partial charge in [-0.3, -0.25) is 9.78 Å². The first-order chi connectivity index (χ1) is 15.9. The maximum atomic E-state index is 12.5. The smallest absolute Gasteiger partial charge is 0.240 e. The predicted molar refractivity (Wildman–Crippen MR) is 121 cm³/mol. The van der Waals surface area contributed by atoms with E-state index < -0.39 is 15.9 Å². The van der Waals surface area contributed by atoms with E-state index in [0.29, 0.717) is 11.5 Å². The molecule has 0 radical (unpaired) electrons. The SMILES string of the molecule is COc1ccc(S(=O)(=O)NCCC(=O)Nc2ncccc2OCc2ccncc2)cc1OC. The lowest BCUT2D eigenvalue weighted by molar-refractivity contribution is -0.116. The molecule has 0 unspecified atom stereocenters. The van der Waals surface area contributed by atoms with Gasteiger partial charge in [0.2, 0.25) is 15.9 Å². The normalized spacial score (nSPS) is 11.0. The van der Waals surface area contributed by atoms with Crippen LogP contribution >= 0.6 is 0 Å². The van der Waals surface area contributed by atoms with E-state index in [1.54, 1.807) is 24.5 Å². The maximum Gasteiger partial charge on any atom is 0.240 e. The van der Waals surface area contributed by atoms with Crippen molar-refractivity contribution in [3.05, 3.63) is 66.6 Å². The van der Waals surface area contributed by atoms with Crippen LogP contribution in [0.3, 0.4) is 0 Å². The summed E-state index contributed by atoms with van der Waals surface area (Å²) in [6, 6.07) is 11.2. The Morgan fingerprint density at radius 1 is 0.970 bits per heavy atom. The van der Waals surface area contributed by atoms with Crippen LogP contribution < -0.4 is 24.2 Å². The number of carbonyl (C=O) groups is 1. The highest BCUT2D eigenvalue weighted by molar-refractivity contribution is 7.89. The van der Waals surface area contributed by atoms with Crippen LogP contribution in [0.1, 0.15) is 12.0 Å². The van der Waals surface area contributed by atoms with Crippen LogP contribution in [0.25, 0.3) is 0 Å². The van der Waals surface area contributed by atoms with E-state index in [1.807, 2.05) is 12.1 Å². The molecule has 1 amide bonds. The van der Waals surface area contributed by atoms with Crippen LogP contribution in [0.15, 0.2) is 66.0 Å². The number of hydrogen-bond donors (Lipinski definition) is 2. The van der Waals surface area contributed by atoms with Crippen LogP contribution in [0.2, 0.25) is 0 Å². The summed E-state index contributed by atoms with van der Waals surface area (Å²) in [6.45, 7) is 0.171. The molecule has 0 aliphatic rings. The van der Waals surface area contributed by atoms with Gasteiger partial charge in [-0.05, 0) is 42.0 Å². The first-order valence-electron chi connectivity index (χ1n) is 9.91. The van der Waals surface area contributed by atoms with Gasteiger partial charge in [0.25, 0.3) is 0 Å². The molecule has 11 heteroatoms. The minimum Gasteiger partial charge on any atom is -0.493 e. The fraction of sp³-hybridized carbons (Fsp3) is 0.227. The number of amides is 1. The Bertz CT molecular complexity index is 1190. The van der Waals surface area contributed by atoms with E-state index in [4.69, 9.17) is 14.2 Å². The quantitative estimate of drug-likeness (QED) is 0.435. The third kappa shape index (κ3) is 6.64. The first kappa shape index (κ1) is 24.0. The molecular formula is C22H24N4O6S. The molecule has 174 valence electrons. The predicted octanol–water partition coefficient (Wildman–Crippen LogP) is 2.38. The highest BCUT2D eigenvalue weighted by atomic mass is 32.2. The molecule has 0 aliphatic heterocycles. The van der Waals surface area contributed by atoms with E-state index in [0.717, 1.165) is 5.56 Å². The van der Waals surface area contributed by atoms with Crippen molar-refractivity contribution in [3.8, 4) is 17.2 Å². The zero-order valence-corrected chi connectivity index (χ0v) is 19.0. The Kier molecular flexibility index (Phi) is 8.17. The van der Waals surface area contributed by atoms with E-state index in [2.05, 4.69) is 20.0 Å². The minimum atomic E-state index is -3.84. The molecule has 1 aromatic carbocycles. The molecule has 3 aromatic rings. The number of rotatable bonds is 11. The lowest BCUT2D eigenvalue weighted by Gasteiger charge is -2.12. The molecule has 3 rings (SSSR count). The van der Waals surface area contributed by atoms with Gasteiger partial charge in [-0.25, -0.2) is 18.1 Å². The molecular weight excluding hydrogens is 448 g/mol. The molecule has 0 bridgehead atoms. The molecule has 0 aliphatic carbocycles. The standard InChI is InChI=1S/C22H24N4O6S/c1-30-18-6-5-17(14-20(18)31-2)33(28,29)25-13-9-21(27)26-22-19(4-3-10-24-22)32-15-16-7-11-23-12-8-16/h3-8,10-12,14,25H,9,13,15H2,1-2H3,(H,24,26,27). The van der Waals surface area contributed by atoms with Crippen molar-refractivity contribution in [2.45, 2.75) is 17.9 Å². The van der Waals surface area contributed by atoms with Crippen LogP contribution in [-0.2, 0) is 21.4 Å². The highest BCUT2D eigenvalue weighted by Crippen LogP contribution is 2.29. The monoisotopic (exact) mass is 472 g/mol. The van der Waals surface area contributed by atoms with Gasteiger partial charge in [0, 0.05) is 37.6 Å². The number of ether oxygens (including phenoxy) is 3. The maximum absolute atomic E-state index is 12.5. The average Bonchev–Trinajstić information content (AvgIpc) is 2.83. The van der Waals surface area contributed by atoms with Gasteiger partial charge < -0.3 is 19.5 Å². The molecule has 0 atom stereocenters. The summed E-state index contributed by atoms with van der Waals surface area (Å²) in [5.74, 6) is 0.922. The summed E-state index contributed by atoms with van der Waals surface area (Å²) in [5.41, 5.74) is 0.913. The van der Waals surface area contributed by atoms with Crippen LogP contribution in [-0.4, -0.2) is 45.1 Å². The highest BCUT2D eigenvalue weighted by Gasteiger charge is 2.17. The van der Waals surface area contributed by atoms with Crippen molar-refractivity contribution in [3.63, 3.8) is 0 Å². The second-order valence-corrected chi connectivity index (χ2v) is 8.47. The number of methoxy groups -OCH3 is 2. The molecule has 0 saturated heterocycles. The zero-order chi connectivity index (χ0) is 23.7. The molecule has 2 heterocycles. The molecule has 33 heavy (non-hydrogen) atoms. The number of benzene rings is 1.